The first-order valence-corrected chi connectivity index (χ1v) is 9.70. The first kappa shape index (κ1) is 17.1. The first-order chi connectivity index (χ1) is 12.0. The summed E-state index contributed by atoms with van der Waals surface area (Å²) in [6.07, 6.45) is 6.55. The number of ether oxygens (including phenoxy) is 1. The zero-order chi connectivity index (χ0) is 17.6. The number of hydrogen-bond donors (Lipinski definition) is 1. The minimum absolute atomic E-state index is 0.0209. The van der Waals surface area contributed by atoms with Crippen molar-refractivity contribution in [1.82, 2.24) is 14.9 Å². The van der Waals surface area contributed by atoms with Gasteiger partial charge in [-0.2, -0.15) is 0 Å². The fourth-order valence-corrected chi connectivity index (χ4v) is 5.51. The average Bonchev–Trinajstić information content (AvgIpc) is 3.01. The van der Waals surface area contributed by atoms with Gasteiger partial charge in [0.2, 0.25) is 5.91 Å². The third-order valence-electron chi connectivity index (χ3n) is 6.86. The molecule has 140 valence electrons. The molecule has 0 aromatic heterocycles. The Labute approximate surface area is 148 Å². The molecule has 2 unspecified atom stereocenters. The van der Waals surface area contributed by atoms with E-state index < -0.39 is 0 Å². The number of piperidine rings is 2. The van der Waals surface area contributed by atoms with Crippen LogP contribution in [0.25, 0.3) is 0 Å². The van der Waals surface area contributed by atoms with Crippen LogP contribution in [0, 0.1) is 5.41 Å². The van der Waals surface area contributed by atoms with Gasteiger partial charge in [-0.05, 0) is 58.5 Å². The van der Waals surface area contributed by atoms with Crippen molar-refractivity contribution in [2.75, 3.05) is 26.2 Å². The maximum absolute atomic E-state index is 12.2. The molecule has 2 atom stereocenters. The molecule has 1 N–H and O–H groups in total. The Kier molecular flexibility index (Phi) is 4.40. The standard InChI is InChI=1S/C18H29N3O4/c1-2-25-17(23)21-13-3-4-14(21)10-15(9-13)19-7-5-18(6-8-19)11-16(22)20(24)12-18/h13-15,24H,2-12H2,1H3. The molecule has 25 heavy (non-hydrogen) atoms. The van der Waals surface area contributed by atoms with E-state index in [2.05, 4.69) is 4.90 Å². The summed E-state index contributed by atoms with van der Waals surface area (Å²) in [7, 11) is 0. The predicted octanol–water partition coefficient (Wildman–Crippen LogP) is 1.84. The van der Waals surface area contributed by atoms with Gasteiger partial charge in [-0.1, -0.05) is 0 Å². The van der Waals surface area contributed by atoms with Crippen LogP contribution in [0.1, 0.15) is 51.9 Å². The number of hydroxylamine groups is 2. The minimum atomic E-state index is -0.140. The Morgan fingerprint density at radius 3 is 2.36 bits per heavy atom. The van der Waals surface area contributed by atoms with E-state index in [4.69, 9.17) is 4.74 Å². The van der Waals surface area contributed by atoms with Gasteiger partial charge in [-0.25, -0.2) is 9.86 Å². The van der Waals surface area contributed by atoms with Crippen LogP contribution in [-0.2, 0) is 9.53 Å². The molecule has 1 spiro atoms. The molecule has 4 aliphatic rings. The SMILES string of the molecule is CCOC(=O)N1C2CCC1CC(N1CCC3(CC1)CC(=O)N(O)C3)C2. The van der Waals surface area contributed by atoms with Gasteiger partial charge < -0.3 is 14.5 Å². The topological polar surface area (TPSA) is 73.3 Å². The molecule has 4 aliphatic heterocycles. The van der Waals surface area contributed by atoms with Crippen molar-refractivity contribution >= 4 is 12.0 Å². The highest BCUT2D eigenvalue weighted by Gasteiger charge is 2.49. The summed E-state index contributed by atoms with van der Waals surface area (Å²) in [4.78, 5) is 28.4. The Balaban J connectivity index is 1.35. The number of rotatable bonds is 2. The second kappa shape index (κ2) is 6.43. The maximum Gasteiger partial charge on any atom is 0.410 e. The lowest BCUT2D eigenvalue weighted by Gasteiger charge is -2.46. The first-order valence-electron chi connectivity index (χ1n) is 9.70. The fraction of sp³-hybridized carbons (Fsp3) is 0.889. The van der Waals surface area contributed by atoms with Gasteiger partial charge in [-0.15, -0.1) is 0 Å². The summed E-state index contributed by atoms with van der Waals surface area (Å²) < 4.78 is 5.24. The van der Waals surface area contributed by atoms with Crippen LogP contribution in [0.15, 0.2) is 0 Å². The van der Waals surface area contributed by atoms with Crippen LogP contribution in [0.2, 0.25) is 0 Å². The molecule has 2 amide bonds. The third kappa shape index (κ3) is 3.01. The number of carbonyl (C=O) groups excluding carboxylic acids is 2. The quantitative estimate of drug-likeness (QED) is 0.769. The second-order valence-corrected chi connectivity index (χ2v) is 8.28. The van der Waals surface area contributed by atoms with E-state index in [0.29, 0.717) is 37.7 Å². The molecule has 4 heterocycles. The highest BCUT2D eigenvalue weighted by Crippen LogP contribution is 2.43. The van der Waals surface area contributed by atoms with Crippen molar-refractivity contribution in [3.63, 3.8) is 0 Å². The molecular formula is C18H29N3O4. The fourth-order valence-electron chi connectivity index (χ4n) is 5.51. The van der Waals surface area contributed by atoms with Crippen molar-refractivity contribution in [1.29, 1.82) is 0 Å². The molecule has 7 nitrogen and oxygen atoms in total. The molecule has 0 radical (unpaired) electrons. The summed E-state index contributed by atoms with van der Waals surface area (Å²) in [6, 6.07) is 1.17. The van der Waals surface area contributed by atoms with Gasteiger partial charge in [0.1, 0.15) is 0 Å². The summed E-state index contributed by atoms with van der Waals surface area (Å²) >= 11 is 0. The van der Waals surface area contributed by atoms with E-state index in [9.17, 15) is 14.8 Å². The lowest BCUT2D eigenvalue weighted by atomic mass is 9.77. The Morgan fingerprint density at radius 1 is 1.20 bits per heavy atom. The van der Waals surface area contributed by atoms with Crippen LogP contribution in [0.4, 0.5) is 4.79 Å². The molecule has 4 rings (SSSR count). The number of hydrogen-bond acceptors (Lipinski definition) is 5. The van der Waals surface area contributed by atoms with Crippen molar-refractivity contribution in [3.05, 3.63) is 0 Å². The van der Waals surface area contributed by atoms with E-state index in [0.717, 1.165) is 56.7 Å². The van der Waals surface area contributed by atoms with E-state index in [-0.39, 0.29) is 17.4 Å². The lowest BCUT2D eigenvalue weighted by Crippen LogP contribution is -2.54. The molecule has 4 saturated heterocycles. The van der Waals surface area contributed by atoms with Gasteiger partial charge in [-0.3, -0.25) is 10.0 Å². The average molecular weight is 351 g/mol. The number of amides is 2. The number of fused-ring (bicyclic) bond motifs is 2. The van der Waals surface area contributed by atoms with E-state index >= 15 is 0 Å². The molecular weight excluding hydrogens is 322 g/mol. The molecule has 0 saturated carbocycles. The Hall–Kier alpha value is -1.34. The zero-order valence-corrected chi connectivity index (χ0v) is 15.0. The maximum atomic E-state index is 12.2. The molecule has 0 aromatic carbocycles. The van der Waals surface area contributed by atoms with Crippen molar-refractivity contribution in [3.8, 4) is 0 Å². The Morgan fingerprint density at radius 2 is 1.84 bits per heavy atom. The summed E-state index contributed by atoms with van der Waals surface area (Å²) in [5.41, 5.74) is -0.0209. The van der Waals surface area contributed by atoms with Crippen LogP contribution in [0.3, 0.4) is 0 Å². The number of carbonyl (C=O) groups is 2. The summed E-state index contributed by atoms with van der Waals surface area (Å²) in [6.45, 7) is 4.77. The third-order valence-corrected chi connectivity index (χ3v) is 6.86. The van der Waals surface area contributed by atoms with Crippen LogP contribution >= 0.6 is 0 Å². The van der Waals surface area contributed by atoms with E-state index in [1.165, 1.54) is 0 Å². The second-order valence-electron chi connectivity index (χ2n) is 8.28. The normalized spacial score (nSPS) is 34.8. The molecule has 0 aromatic rings. The van der Waals surface area contributed by atoms with Crippen molar-refractivity contribution in [2.24, 2.45) is 5.41 Å². The van der Waals surface area contributed by atoms with Gasteiger partial charge in [0.15, 0.2) is 0 Å². The summed E-state index contributed by atoms with van der Waals surface area (Å²) in [5, 5.41) is 10.6. The minimum Gasteiger partial charge on any atom is -0.450 e. The van der Waals surface area contributed by atoms with E-state index in [1.807, 2.05) is 11.8 Å². The molecule has 0 aliphatic carbocycles. The van der Waals surface area contributed by atoms with Gasteiger partial charge in [0, 0.05) is 30.0 Å². The van der Waals surface area contributed by atoms with Gasteiger partial charge in [0.05, 0.1) is 13.2 Å². The zero-order valence-electron chi connectivity index (χ0n) is 15.0. The Bertz CT molecular complexity index is 532. The van der Waals surface area contributed by atoms with Crippen LogP contribution < -0.4 is 0 Å². The van der Waals surface area contributed by atoms with Crippen LogP contribution in [0.5, 0.6) is 0 Å². The van der Waals surface area contributed by atoms with Crippen LogP contribution in [-0.4, -0.2) is 76.4 Å². The smallest absolute Gasteiger partial charge is 0.410 e. The molecule has 2 bridgehead atoms. The van der Waals surface area contributed by atoms with Crippen molar-refractivity contribution in [2.45, 2.75) is 70.0 Å². The highest BCUT2D eigenvalue weighted by atomic mass is 16.6. The number of likely N-dealkylation sites (tertiary alicyclic amines) is 1. The highest BCUT2D eigenvalue weighted by molar-refractivity contribution is 5.78. The monoisotopic (exact) mass is 351 g/mol. The lowest BCUT2D eigenvalue weighted by molar-refractivity contribution is -0.158. The molecule has 4 fully saturated rings. The van der Waals surface area contributed by atoms with Gasteiger partial charge in [0.25, 0.3) is 0 Å². The number of nitrogens with zero attached hydrogens (tertiary/aromatic N) is 3. The van der Waals surface area contributed by atoms with Gasteiger partial charge >= 0.3 is 6.09 Å². The predicted molar refractivity (Wildman–Crippen MR) is 90.0 cm³/mol. The summed E-state index contributed by atoms with van der Waals surface area (Å²) in [5.74, 6) is -0.130. The van der Waals surface area contributed by atoms with Crippen molar-refractivity contribution < 1.29 is 19.5 Å². The molecule has 7 heteroatoms. The van der Waals surface area contributed by atoms with E-state index in [1.54, 1.807) is 0 Å². The largest absolute Gasteiger partial charge is 0.450 e.